The fourth-order valence-electron chi connectivity index (χ4n) is 11.1. The van der Waals surface area contributed by atoms with Gasteiger partial charge in [-0.3, -0.25) is 14.6 Å². The van der Waals surface area contributed by atoms with Crippen LogP contribution in [0.1, 0.15) is 63.4 Å². The van der Waals surface area contributed by atoms with Gasteiger partial charge in [0.2, 0.25) is 0 Å². The normalized spacial score (nSPS) is 26.0. The van der Waals surface area contributed by atoms with Crippen LogP contribution in [0.25, 0.3) is 0 Å². The Kier molecular flexibility index (Phi) is 11.9. The molecule has 0 radical (unpaired) electrons. The first-order chi connectivity index (χ1) is 27.8. The molecule has 1 aliphatic carbocycles. The number of carbonyl (C=O) groups excluding carboxylic acids is 1. The van der Waals surface area contributed by atoms with E-state index in [9.17, 15) is 27.5 Å². The summed E-state index contributed by atoms with van der Waals surface area (Å²) in [6, 6.07) is 13.4. The summed E-state index contributed by atoms with van der Waals surface area (Å²) in [6.07, 6.45) is 7.75. The monoisotopic (exact) mass is 822 g/mol. The molecular weight excluding hydrogens is 763 g/mol. The summed E-state index contributed by atoms with van der Waals surface area (Å²) in [7, 11) is -3.63. The van der Waals surface area contributed by atoms with Crippen LogP contribution in [0.5, 0.6) is 0 Å². The van der Waals surface area contributed by atoms with E-state index in [-0.39, 0.29) is 60.7 Å². The molecule has 6 aliphatic rings. The summed E-state index contributed by atoms with van der Waals surface area (Å²) < 4.78 is 58.2. The topological polar surface area (TPSA) is 117 Å². The van der Waals surface area contributed by atoms with Gasteiger partial charge < -0.3 is 25.1 Å². The number of nitrogens with zero attached hydrogens (tertiary/aromatic N) is 5. The minimum Gasteiger partial charge on any atom is -0.465 e. The number of carbonyl (C=O) groups is 2. The number of rotatable bonds is 14. The summed E-state index contributed by atoms with van der Waals surface area (Å²) in [6.45, 7) is 11.6. The van der Waals surface area contributed by atoms with Crippen LogP contribution < -0.4 is 10.2 Å². The third-order valence-electron chi connectivity index (χ3n) is 14.3. The Morgan fingerprint density at radius 3 is 2.19 bits per heavy atom. The average molecular weight is 823 g/mol. The van der Waals surface area contributed by atoms with Crippen molar-refractivity contribution in [2.75, 3.05) is 90.0 Å². The Labute approximate surface area is 342 Å². The molecule has 6 fully saturated rings. The minimum absolute atomic E-state index is 0.0314. The lowest BCUT2D eigenvalue weighted by Gasteiger charge is -2.54. The third-order valence-corrected chi connectivity index (χ3v) is 16.4. The van der Waals surface area contributed by atoms with Crippen molar-refractivity contribution in [3.63, 3.8) is 0 Å². The smallest absolute Gasteiger partial charge is 0.404 e. The van der Waals surface area contributed by atoms with Crippen LogP contribution in [-0.2, 0) is 20.0 Å². The van der Waals surface area contributed by atoms with Crippen molar-refractivity contribution in [2.45, 2.75) is 85.1 Å². The number of anilines is 1. The van der Waals surface area contributed by atoms with Gasteiger partial charge in [-0.25, -0.2) is 22.0 Å². The zero-order valence-electron chi connectivity index (χ0n) is 33.7. The number of piperidine rings is 2. The van der Waals surface area contributed by atoms with E-state index >= 15 is 4.39 Å². The molecule has 5 heterocycles. The summed E-state index contributed by atoms with van der Waals surface area (Å²) in [5.41, 5.74) is 0.395. The van der Waals surface area contributed by atoms with Gasteiger partial charge in [0.1, 0.15) is 11.1 Å². The molecular formula is C44H60F2N6O5S. The van der Waals surface area contributed by atoms with Gasteiger partial charge >= 0.3 is 6.09 Å². The van der Waals surface area contributed by atoms with Crippen molar-refractivity contribution in [2.24, 2.45) is 11.8 Å². The third kappa shape index (κ3) is 8.40. The molecule has 5 saturated heterocycles. The number of likely N-dealkylation sites (tertiary alicyclic amines) is 4. The zero-order chi connectivity index (χ0) is 40.7. The Bertz CT molecular complexity index is 1920. The first-order valence-corrected chi connectivity index (χ1v) is 23.1. The minimum atomic E-state index is -3.63. The van der Waals surface area contributed by atoms with Crippen LogP contribution in [0, 0.1) is 17.7 Å². The molecule has 2 N–H and O–H groups in total. The van der Waals surface area contributed by atoms with Crippen LogP contribution in [0.3, 0.4) is 0 Å². The SMILES string of the molecule is C=C(CN1CCCCC1)C(=O)N1CC(S(=O)(=O)c2ccc(N3CC(F)(CN4CCC(C(CN5CCC5)(c5cccc(F)c5)[C@H]5CCC[C@@H]5NC(=O)O)CC4)C3)cc2)C1. The molecule has 0 spiro atoms. The highest BCUT2D eigenvalue weighted by Crippen LogP contribution is 2.51. The second kappa shape index (κ2) is 16.8. The maximum atomic E-state index is 16.3. The number of carboxylic acid groups (broad SMARTS) is 1. The van der Waals surface area contributed by atoms with E-state index in [4.69, 9.17) is 0 Å². The van der Waals surface area contributed by atoms with E-state index in [1.54, 1.807) is 41.3 Å². The highest BCUT2D eigenvalue weighted by atomic mass is 32.2. The highest BCUT2D eigenvalue weighted by Gasteiger charge is 2.54. The summed E-state index contributed by atoms with van der Waals surface area (Å²) in [4.78, 5) is 35.5. The summed E-state index contributed by atoms with van der Waals surface area (Å²) >= 11 is 0. The van der Waals surface area contributed by atoms with Crippen LogP contribution in [0.2, 0.25) is 0 Å². The van der Waals surface area contributed by atoms with E-state index in [2.05, 4.69) is 26.6 Å². The van der Waals surface area contributed by atoms with E-state index < -0.39 is 32.3 Å². The molecule has 2 amide bonds. The maximum Gasteiger partial charge on any atom is 0.404 e. The molecule has 58 heavy (non-hydrogen) atoms. The van der Waals surface area contributed by atoms with Gasteiger partial charge in [0, 0.05) is 55.4 Å². The number of alkyl halides is 1. The van der Waals surface area contributed by atoms with Gasteiger partial charge in [-0.1, -0.05) is 31.6 Å². The molecule has 0 bridgehead atoms. The lowest BCUT2D eigenvalue weighted by atomic mass is 9.57. The predicted octanol–water partition coefficient (Wildman–Crippen LogP) is 5.17. The molecule has 5 aliphatic heterocycles. The number of amides is 2. The van der Waals surface area contributed by atoms with Crippen molar-refractivity contribution < 1.29 is 31.9 Å². The molecule has 3 atom stereocenters. The van der Waals surface area contributed by atoms with Crippen LogP contribution in [0.4, 0.5) is 19.3 Å². The molecule has 1 unspecified atom stereocenters. The van der Waals surface area contributed by atoms with Gasteiger partial charge in [0.25, 0.3) is 5.91 Å². The fourth-order valence-corrected chi connectivity index (χ4v) is 12.8. The van der Waals surface area contributed by atoms with Gasteiger partial charge in [0.05, 0.1) is 18.0 Å². The van der Waals surface area contributed by atoms with Gasteiger partial charge in [-0.2, -0.15) is 0 Å². The fraction of sp³-hybridized carbons (Fsp3) is 0.636. The number of benzene rings is 2. The van der Waals surface area contributed by atoms with E-state index in [0.29, 0.717) is 31.8 Å². The lowest BCUT2D eigenvalue weighted by molar-refractivity contribution is -0.130. The zero-order valence-corrected chi connectivity index (χ0v) is 34.5. The molecule has 0 aromatic heterocycles. The van der Waals surface area contributed by atoms with Gasteiger partial charge in [0.15, 0.2) is 15.5 Å². The summed E-state index contributed by atoms with van der Waals surface area (Å²) in [5.74, 6) is -0.236. The Hall–Kier alpha value is -3.59. The number of hydrogen-bond donors (Lipinski definition) is 2. The number of halogens is 2. The quantitative estimate of drug-likeness (QED) is 0.249. The molecule has 11 nitrogen and oxygen atoms in total. The Morgan fingerprint density at radius 2 is 1.55 bits per heavy atom. The molecule has 316 valence electrons. The Morgan fingerprint density at radius 1 is 0.862 bits per heavy atom. The van der Waals surface area contributed by atoms with E-state index in [1.807, 2.05) is 11.0 Å². The molecule has 2 aromatic rings. The first-order valence-electron chi connectivity index (χ1n) is 21.5. The number of sulfone groups is 1. The van der Waals surface area contributed by atoms with Crippen molar-refractivity contribution >= 4 is 27.5 Å². The van der Waals surface area contributed by atoms with Crippen molar-refractivity contribution in [3.8, 4) is 0 Å². The van der Waals surface area contributed by atoms with Gasteiger partial charge in [-0.05, 0) is 138 Å². The summed E-state index contributed by atoms with van der Waals surface area (Å²) in [5, 5.41) is 11.9. The molecule has 1 saturated carbocycles. The van der Waals surface area contributed by atoms with Crippen molar-refractivity contribution in [3.05, 3.63) is 72.1 Å². The number of nitrogens with one attached hydrogen (secondary N) is 1. The molecule has 8 rings (SSSR count). The van der Waals surface area contributed by atoms with Gasteiger partial charge in [-0.15, -0.1) is 0 Å². The second-order valence-corrected chi connectivity index (χ2v) is 20.4. The van der Waals surface area contributed by atoms with Crippen molar-refractivity contribution in [1.29, 1.82) is 0 Å². The average Bonchev–Trinajstić information content (AvgIpc) is 3.61. The lowest BCUT2D eigenvalue weighted by Crippen LogP contribution is -2.65. The Balaban J connectivity index is 0.860. The second-order valence-electron chi connectivity index (χ2n) is 18.1. The van der Waals surface area contributed by atoms with Crippen LogP contribution in [-0.4, -0.2) is 147 Å². The standard InChI is InChI=1S/C44H60F2N6O5S/c1-32(25-48-18-3-2-4-19-48)41(53)51-26-38(27-51)58(56,57)37-14-12-36(13-15-37)52-29-43(46,30-52)28-50-22-16-33(17-23-50)44(31-49-20-7-21-49,34-8-5-9-35(45)24-34)39-10-6-11-40(39)47-42(54)55/h5,8-9,12-15,24,33,38-40,47H,1-4,6-7,10-11,16-23,25-31H2,(H,54,55)/t39-,40-,44?/m0/s1. The predicted molar refractivity (Wildman–Crippen MR) is 220 cm³/mol. The maximum absolute atomic E-state index is 16.3. The van der Waals surface area contributed by atoms with Crippen molar-refractivity contribution in [1.82, 2.24) is 24.9 Å². The number of hydrogen-bond acceptors (Lipinski definition) is 8. The largest absolute Gasteiger partial charge is 0.465 e. The molecule has 14 heteroatoms. The first kappa shape index (κ1) is 41.2. The van der Waals surface area contributed by atoms with Crippen LogP contribution in [0.15, 0.2) is 65.6 Å². The van der Waals surface area contributed by atoms with E-state index in [0.717, 1.165) is 95.3 Å². The highest BCUT2D eigenvalue weighted by molar-refractivity contribution is 7.92. The van der Waals surface area contributed by atoms with Crippen LogP contribution >= 0.6 is 0 Å². The molecule has 2 aromatic carbocycles. The van der Waals surface area contributed by atoms with E-state index in [1.165, 1.54) is 12.5 Å².